The van der Waals surface area contributed by atoms with Crippen LogP contribution < -0.4 is 14.8 Å². The molecule has 0 fully saturated rings. The molecule has 1 unspecified atom stereocenters. The maximum Gasteiger partial charge on any atom is 0.414 e. The predicted octanol–water partition coefficient (Wildman–Crippen LogP) is 2.91. The van der Waals surface area contributed by atoms with Crippen LogP contribution in [-0.2, 0) is 38.8 Å². The van der Waals surface area contributed by atoms with Crippen LogP contribution in [0.25, 0.3) is 0 Å². The van der Waals surface area contributed by atoms with Crippen LogP contribution in [0.5, 0.6) is 11.5 Å². The Morgan fingerprint density at radius 3 is 1.93 bits per heavy atom. The van der Waals surface area contributed by atoms with Crippen molar-refractivity contribution in [3.63, 3.8) is 0 Å². The molecular formula is C28H34N2O10S. The number of hydrogen-bond donors (Lipinski definition) is 5. The number of methoxy groups -OCH3 is 1. The molecule has 13 heteroatoms. The molecular weight excluding hydrogens is 556 g/mol. The maximum atomic E-state index is 9.10. The van der Waals surface area contributed by atoms with E-state index >= 15 is 0 Å². The van der Waals surface area contributed by atoms with Gasteiger partial charge in [-0.1, -0.05) is 42.5 Å². The SMILES string of the molecule is COc1cc(CNCC(Cc2ccccc2)N(C)C)ccc1OCc1cccs1.O=C(O)C(=O)O.O=C(O)C(=O)O. The second-order valence-corrected chi connectivity index (χ2v) is 9.54. The third kappa shape index (κ3) is 14.5. The van der Waals surface area contributed by atoms with Gasteiger partial charge >= 0.3 is 23.9 Å². The molecule has 1 aromatic heterocycles. The Kier molecular flexibility index (Phi) is 15.8. The Morgan fingerprint density at radius 2 is 1.44 bits per heavy atom. The first kappa shape index (κ1) is 34.6. The van der Waals surface area contributed by atoms with Gasteiger partial charge in [0.1, 0.15) is 6.61 Å². The minimum absolute atomic E-state index is 0.438. The minimum Gasteiger partial charge on any atom is -0.493 e. The molecule has 0 radical (unpaired) electrons. The summed E-state index contributed by atoms with van der Waals surface area (Å²) in [5.74, 6) is -5.75. The Labute approximate surface area is 241 Å². The quantitative estimate of drug-likeness (QED) is 0.206. The van der Waals surface area contributed by atoms with Crippen molar-refractivity contribution in [3.05, 3.63) is 82.0 Å². The van der Waals surface area contributed by atoms with E-state index < -0.39 is 23.9 Å². The first-order valence-electron chi connectivity index (χ1n) is 12.1. The Hall–Kier alpha value is -4.46. The fourth-order valence-corrected chi connectivity index (χ4v) is 3.81. The molecule has 12 nitrogen and oxygen atoms in total. The number of nitrogens with one attached hydrogen (secondary N) is 1. The number of aliphatic carboxylic acids is 4. The van der Waals surface area contributed by atoms with Gasteiger partial charge < -0.3 is 40.1 Å². The van der Waals surface area contributed by atoms with Crippen LogP contribution in [0, 0.1) is 0 Å². The number of rotatable bonds is 11. The highest BCUT2D eigenvalue weighted by atomic mass is 32.1. The van der Waals surface area contributed by atoms with Gasteiger partial charge in [0.15, 0.2) is 11.5 Å². The largest absolute Gasteiger partial charge is 0.493 e. The van der Waals surface area contributed by atoms with Crippen molar-refractivity contribution in [1.82, 2.24) is 10.2 Å². The highest BCUT2D eigenvalue weighted by Crippen LogP contribution is 2.29. The van der Waals surface area contributed by atoms with Crippen molar-refractivity contribution < 1.29 is 49.1 Å². The Morgan fingerprint density at radius 1 is 0.829 bits per heavy atom. The van der Waals surface area contributed by atoms with Crippen LogP contribution >= 0.6 is 11.3 Å². The lowest BCUT2D eigenvalue weighted by molar-refractivity contribution is -0.159. The summed E-state index contributed by atoms with van der Waals surface area (Å²) in [5.41, 5.74) is 2.55. The smallest absolute Gasteiger partial charge is 0.414 e. The topological polar surface area (TPSA) is 183 Å². The summed E-state index contributed by atoms with van der Waals surface area (Å²) in [5, 5.41) is 35.2. The summed E-state index contributed by atoms with van der Waals surface area (Å²) in [6.07, 6.45) is 1.03. The summed E-state index contributed by atoms with van der Waals surface area (Å²) >= 11 is 1.70. The number of hydrogen-bond acceptors (Lipinski definition) is 9. The number of thiophene rings is 1. The van der Waals surface area contributed by atoms with E-state index in [9.17, 15) is 0 Å². The molecule has 41 heavy (non-hydrogen) atoms. The van der Waals surface area contributed by atoms with Crippen LogP contribution in [0.4, 0.5) is 0 Å². The number of likely N-dealkylation sites (N-methyl/N-ethyl adjacent to an activating group) is 1. The highest BCUT2D eigenvalue weighted by molar-refractivity contribution is 7.09. The van der Waals surface area contributed by atoms with Gasteiger partial charge in [-0.15, -0.1) is 11.3 Å². The van der Waals surface area contributed by atoms with Crippen molar-refractivity contribution in [1.29, 1.82) is 0 Å². The van der Waals surface area contributed by atoms with Crippen LogP contribution in [0.3, 0.4) is 0 Å². The van der Waals surface area contributed by atoms with Crippen LogP contribution in [-0.4, -0.2) is 83.0 Å². The lowest BCUT2D eigenvalue weighted by Gasteiger charge is -2.25. The molecule has 0 aliphatic heterocycles. The Balaban J connectivity index is 0.000000588. The fraction of sp³-hybridized carbons (Fsp3) is 0.286. The van der Waals surface area contributed by atoms with Crippen molar-refractivity contribution in [2.24, 2.45) is 0 Å². The summed E-state index contributed by atoms with van der Waals surface area (Å²) in [4.78, 5) is 39.9. The molecule has 3 rings (SSSR count). The summed E-state index contributed by atoms with van der Waals surface area (Å²) in [6.45, 7) is 2.27. The molecule has 0 saturated carbocycles. The van der Waals surface area contributed by atoms with Gasteiger partial charge in [-0.25, -0.2) is 19.2 Å². The number of benzene rings is 2. The molecule has 2 aromatic carbocycles. The number of carbonyl (C=O) groups is 4. The van der Waals surface area contributed by atoms with Gasteiger partial charge in [-0.3, -0.25) is 0 Å². The van der Waals surface area contributed by atoms with Gasteiger partial charge in [0.2, 0.25) is 0 Å². The van der Waals surface area contributed by atoms with Crippen molar-refractivity contribution >= 4 is 35.2 Å². The van der Waals surface area contributed by atoms with Gasteiger partial charge in [0.25, 0.3) is 0 Å². The molecule has 0 saturated heterocycles. The molecule has 0 aliphatic carbocycles. The summed E-state index contributed by atoms with van der Waals surface area (Å²) < 4.78 is 11.5. The monoisotopic (exact) mass is 590 g/mol. The highest BCUT2D eigenvalue weighted by Gasteiger charge is 2.13. The number of nitrogens with zero attached hydrogens (tertiary/aromatic N) is 1. The molecule has 0 bridgehead atoms. The van der Waals surface area contributed by atoms with Crippen LogP contribution in [0.15, 0.2) is 66.0 Å². The molecule has 3 aromatic rings. The molecule has 1 atom stereocenters. The predicted molar refractivity (Wildman–Crippen MR) is 152 cm³/mol. The number of carboxylic acids is 4. The lowest BCUT2D eigenvalue weighted by atomic mass is 10.1. The Bertz CT molecular complexity index is 1190. The average Bonchev–Trinajstić information content (AvgIpc) is 3.46. The summed E-state index contributed by atoms with van der Waals surface area (Å²) in [7, 11) is 5.96. The van der Waals surface area contributed by atoms with E-state index in [4.69, 9.17) is 49.1 Å². The molecule has 0 spiro atoms. The third-order valence-corrected chi connectivity index (χ3v) is 6.15. The first-order chi connectivity index (χ1) is 19.4. The van der Waals surface area contributed by atoms with Gasteiger partial charge in [-0.05, 0) is 55.2 Å². The van der Waals surface area contributed by atoms with Crippen molar-refractivity contribution in [2.45, 2.75) is 25.6 Å². The summed E-state index contributed by atoms with van der Waals surface area (Å²) in [6, 6.07) is 21.3. The lowest BCUT2D eigenvalue weighted by Crippen LogP contribution is -2.39. The van der Waals surface area contributed by atoms with Gasteiger partial charge in [-0.2, -0.15) is 0 Å². The van der Waals surface area contributed by atoms with E-state index in [1.165, 1.54) is 16.0 Å². The fourth-order valence-electron chi connectivity index (χ4n) is 3.19. The number of ether oxygens (including phenoxy) is 2. The van der Waals surface area contributed by atoms with E-state index in [-0.39, 0.29) is 0 Å². The van der Waals surface area contributed by atoms with Gasteiger partial charge in [0, 0.05) is 24.0 Å². The average molecular weight is 591 g/mol. The third-order valence-electron chi connectivity index (χ3n) is 5.30. The molecule has 0 amide bonds. The van der Waals surface area contributed by atoms with Crippen molar-refractivity contribution in [2.75, 3.05) is 27.7 Å². The first-order valence-corrected chi connectivity index (χ1v) is 13.0. The van der Waals surface area contributed by atoms with Crippen LogP contribution in [0.1, 0.15) is 16.0 Å². The zero-order valence-corrected chi connectivity index (χ0v) is 23.7. The van der Waals surface area contributed by atoms with E-state index in [0.717, 1.165) is 31.0 Å². The van der Waals surface area contributed by atoms with E-state index in [1.54, 1.807) is 18.4 Å². The van der Waals surface area contributed by atoms with Crippen LogP contribution in [0.2, 0.25) is 0 Å². The zero-order valence-electron chi connectivity index (χ0n) is 22.9. The molecule has 222 valence electrons. The molecule has 5 N–H and O–H groups in total. The maximum absolute atomic E-state index is 9.10. The molecule has 1 heterocycles. The van der Waals surface area contributed by atoms with Crippen molar-refractivity contribution in [3.8, 4) is 11.5 Å². The second-order valence-electron chi connectivity index (χ2n) is 8.51. The molecule has 0 aliphatic rings. The normalized spacial score (nSPS) is 10.7. The number of carboxylic acid groups (broad SMARTS) is 4. The minimum atomic E-state index is -1.82. The standard InChI is InChI=1S/C24H30N2O2S.2C2H2O4/c1-26(2)21(14-19-8-5-4-6-9-19)17-25-16-20-11-12-23(24(15-20)27-3)28-18-22-10-7-13-29-22;2*3-1(4)2(5)6/h4-13,15,21,25H,14,16-18H2,1-3H3;2*(H,3,4)(H,5,6). The zero-order chi connectivity index (χ0) is 30.8. The van der Waals surface area contributed by atoms with E-state index in [2.05, 4.69) is 78.2 Å². The second kappa shape index (κ2) is 18.8. The van der Waals surface area contributed by atoms with Gasteiger partial charge in [0.05, 0.1) is 7.11 Å². The van der Waals surface area contributed by atoms with E-state index in [1.807, 2.05) is 12.1 Å². The van der Waals surface area contributed by atoms with E-state index in [0.29, 0.717) is 12.6 Å².